The molecule has 0 radical (unpaired) electrons. The second-order valence-electron chi connectivity index (χ2n) is 7.18. The molecule has 0 spiro atoms. The van der Waals surface area contributed by atoms with Crippen LogP contribution in [0.3, 0.4) is 0 Å². The summed E-state index contributed by atoms with van der Waals surface area (Å²) in [4.78, 5) is 35.2. The summed E-state index contributed by atoms with van der Waals surface area (Å²) in [6, 6.07) is 1.66. The van der Waals surface area contributed by atoms with Gasteiger partial charge in [0.05, 0.1) is 12.2 Å². The van der Waals surface area contributed by atoms with E-state index in [0.29, 0.717) is 12.6 Å². The third-order valence-electron chi connectivity index (χ3n) is 4.44. The third kappa shape index (κ3) is 6.08. The number of hydrogen-bond donors (Lipinski definition) is 2. The predicted molar refractivity (Wildman–Crippen MR) is 110 cm³/mol. The molecule has 27 heavy (non-hydrogen) atoms. The van der Waals surface area contributed by atoms with E-state index in [2.05, 4.69) is 5.32 Å². The molecule has 0 aliphatic rings. The van der Waals surface area contributed by atoms with Gasteiger partial charge in [0.2, 0.25) is 5.78 Å². The first-order valence-electron chi connectivity index (χ1n) is 8.34. The van der Waals surface area contributed by atoms with Gasteiger partial charge in [0.1, 0.15) is 17.2 Å². The Labute approximate surface area is 172 Å². The predicted octanol–water partition coefficient (Wildman–Crippen LogP) is 3.77. The topological polar surface area (TPSA) is 75.6 Å². The van der Waals surface area contributed by atoms with Crippen LogP contribution in [0.2, 0.25) is 18.1 Å². The van der Waals surface area contributed by atoms with Gasteiger partial charge in [-0.1, -0.05) is 13.8 Å². The number of benzene rings is 1. The minimum absolute atomic E-state index is 0.0367. The normalized spacial score (nSPS) is 12.7. The Balaban J connectivity index is 3.20. The zero-order chi connectivity index (χ0) is 21.0. The fourth-order valence-electron chi connectivity index (χ4n) is 1.89. The van der Waals surface area contributed by atoms with Crippen molar-refractivity contribution in [1.29, 1.82) is 0 Å². The monoisotopic (exact) mass is 511 g/mol. The Bertz CT molecular complexity index is 760. The van der Waals surface area contributed by atoms with E-state index in [9.17, 15) is 23.2 Å². The number of rotatable bonds is 8. The number of Topliss-reactive ketones (excluding diaryl/α,β-unsaturated/α-hetero) is 1. The van der Waals surface area contributed by atoms with Crippen LogP contribution in [0, 0.1) is 15.2 Å². The first-order valence-corrected chi connectivity index (χ1v) is 12.4. The Kier molecular flexibility index (Phi) is 8.11. The van der Waals surface area contributed by atoms with Crippen LogP contribution in [0.1, 0.15) is 31.1 Å². The summed E-state index contributed by atoms with van der Waals surface area (Å²) in [7, 11) is -2.51. The highest BCUT2D eigenvalue weighted by Crippen LogP contribution is 2.33. The molecule has 0 fully saturated rings. The van der Waals surface area contributed by atoms with Gasteiger partial charge in [-0.05, 0) is 48.7 Å². The van der Waals surface area contributed by atoms with Crippen LogP contribution < -0.4 is 5.32 Å². The maximum Gasteiger partial charge on any atom is 0.343 e. The molecule has 9 heteroatoms. The lowest BCUT2D eigenvalue weighted by Crippen LogP contribution is -2.44. The van der Waals surface area contributed by atoms with Gasteiger partial charge in [-0.15, -0.1) is 0 Å². The number of carbonyl (C=O) groups excluding carboxylic acids is 2. The summed E-state index contributed by atoms with van der Waals surface area (Å²) in [6.07, 6.45) is 1.16. The minimum Gasteiger partial charge on any atom is -0.462 e. The van der Waals surface area contributed by atoms with Gasteiger partial charge >= 0.3 is 5.97 Å². The second-order valence-corrected chi connectivity index (χ2v) is 12.8. The highest BCUT2D eigenvalue weighted by Gasteiger charge is 2.37. The molecule has 0 heterocycles. The summed E-state index contributed by atoms with van der Waals surface area (Å²) < 4.78 is 32.5. The summed E-state index contributed by atoms with van der Waals surface area (Å²) in [5, 5.41) is 2.40. The first-order chi connectivity index (χ1) is 12.3. The van der Waals surface area contributed by atoms with Crippen molar-refractivity contribution in [2.75, 3.05) is 13.2 Å². The number of esters is 1. The van der Waals surface area contributed by atoms with Crippen molar-refractivity contribution in [2.24, 2.45) is 0 Å². The van der Waals surface area contributed by atoms with Crippen LogP contribution >= 0.6 is 22.6 Å². The Morgan fingerprint density at radius 3 is 2.41 bits per heavy atom. The molecule has 0 unspecified atom stereocenters. The molecule has 0 aliphatic carbocycles. The number of carbonyl (C=O) groups is 2. The van der Waals surface area contributed by atoms with E-state index in [1.165, 1.54) is 0 Å². The second kappa shape index (κ2) is 9.24. The molecule has 0 atom stereocenters. The van der Waals surface area contributed by atoms with Crippen LogP contribution in [-0.4, -0.2) is 38.0 Å². The summed E-state index contributed by atoms with van der Waals surface area (Å²) in [5.41, 5.74) is -0.815. The van der Waals surface area contributed by atoms with Crippen LogP contribution in [-0.2, 0) is 9.53 Å². The van der Waals surface area contributed by atoms with E-state index in [1.807, 2.05) is 13.8 Å². The molecule has 0 bridgehead atoms. The van der Waals surface area contributed by atoms with Gasteiger partial charge in [-0.3, -0.25) is 4.79 Å². The van der Waals surface area contributed by atoms with Crippen molar-refractivity contribution in [2.45, 2.75) is 38.9 Å². The zero-order valence-corrected chi connectivity index (χ0v) is 19.1. The molecular formula is C18H24F2INO4Si. The van der Waals surface area contributed by atoms with E-state index >= 15 is 0 Å². The van der Waals surface area contributed by atoms with Gasteiger partial charge in [0.15, 0.2) is 8.32 Å². The maximum atomic E-state index is 14.1. The van der Waals surface area contributed by atoms with E-state index in [-0.39, 0.29) is 10.2 Å². The molecule has 1 rings (SSSR count). The Hall–Kier alpha value is -1.33. The van der Waals surface area contributed by atoms with Gasteiger partial charge in [-0.2, -0.15) is 0 Å². The fourth-order valence-corrected chi connectivity index (χ4v) is 2.89. The smallest absolute Gasteiger partial charge is 0.343 e. The van der Waals surface area contributed by atoms with E-state index < -0.39 is 47.9 Å². The van der Waals surface area contributed by atoms with E-state index in [0.717, 1.165) is 12.3 Å². The molecule has 0 amide bonds. The molecular weight excluding hydrogens is 487 g/mol. The molecule has 0 aromatic heterocycles. The van der Waals surface area contributed by atoms with Gasteiger partial charge in [0, 0.05) is 27.4 Å². The lowest BCUT2D eigenvalue weighted by atomic mass is 10.0. The molecule has 0 aliphatic heterocycles. The number of ether oxygens (including phenoxy) is 1. The fraction of sp³-hybridized carbons (Fsp3) is 0.444. The quantitative estimate of drug-likeness (QED) is 0.0813. The standard InChI is InChI=1S/C18H24F2INO4Si/c1-6-26-17(24)12(9-22-10-18(2,3)27(4,5)25)16(23)11-7-15(21)14(20)8-13(11)19/h7-9,22,25H,6,10H2,1-5H3/b12-9-. The number of nitrogens with one attached hydrogen (secondary N) is 1. The molecule has 1 aromatic carbocycles. The van der Waals surface area contributed by atoms with Gasteiger partial charge in [-0.25, -0.2) is 13.6 Å². The van der Waals surface area contributed by atoms with Gasteiger partial charge in [0.25, 0.3) is 0 Å². The molecule has 150 valence electrons. The number of hydrogen-bond acceptors (Lipinski definition) is 5. The van der Waals surface area contributed by atoms with E-state index in [1.54, 1.807) is 42.6 Å². The summed E-state index contributed by atoms with van der Waals surface area (Å²) >= 11 is 1.64. The zero-order valence-electron chi connectivity index (χ0n) is 16.0. The maximum absolute atomic E-state index is 14.1. The summed E-state index contributed by atoms with van der Waals surface area (Å²) in [5.74, 6) is -3.67. The van der Waals surface area contributed by atoms with Crippen molar-refractivity contribution in [1.82, 2.24) is 5.32 Å². The highest BCUT2D eigenvalue weighted by molar-refractivity contribution is 14.1. The van der Waals surface area contributed by atoms with Crippen molar-refractivity contribution in [3.05, 3.63) is 44.7 Å². The van der Waals surface area contributed by atoms with Crippen LogP contribution in [0.15, 0.2) is 23.9 Å². The van der Waals surface area contributed by atoms with Crippen molar-refractivity contribution in [3.8, 4) is 0 Å². The number of halogens is 3. The molecule has 0 saturated heterocycles. The molecule has 5 nitrogen and oxygen atoms in total. The largest absolute Gasteiger partial charge is 0.462 e. The van der Waals surface area contributed by atoms with Crippen molar-refractivity contribution < 1.29 is 27.9 Å². The lowest BCUT2D eigenvalue weighted by molar-refractivity contribution is -0.138. The average Bonchev–Trinajstić information content (AvgIpc) is 2.53. The van der Waals surface area contributed by atoms with Crippen LogP contribution in [0.5, 0.6) is 0 Å². The number of ketones is 1. The summed E-state index contributed by atoms with van der Waals surface area (Å²) in [6.45, 7) is 9.22. The SMILES string of the molecule is CCOC(=O)/C(=C\NCC(C)(C)[Si](C)(C)O)C(=O)c1cc(I)c(F)cc1F. The van der Waals surface area contributed by atoms with Gasteiger partial charge < -0.3 is 14.8 Å². The van der Waals surface area contributed by atoms with Crippen molar-refractivity contribution in [3.63, 3.8) is 0 Å². The third-order valence-corrected chi connectivity index (χ3v) is 8.76. The molecule has 0 saturated carbocycles. The molecule has 1 aromatic rings. The van der Waals surface area contributed by atoms with Crippen LogP contribution in [0.25, 0.3) is 0 Å². The average molecular weight is 511 g/mol. The minimum atomic E-state index is -2.51. The van der Waals surface area contributed by atoms with Crippen LogP contribution in [0.4, 0.5) is 8.78 Å². The highest BCUT2D eigenvalue weighted by atomic mass is 127. The van der Waals surface area contributed by atoms with E-state index in [4.69, 9.17) is 4.74 Å². The Morgan fingerprint density at radius 2 is 1.89 bits per heavy atom. The lowest BCUT2D eigenvalue weighted by Gasteiger charge is -2.34. The molecule has 2 N–H and O–H groups in total. The first kappa shape index (κ1) is 23.7. The Morgan fingerprint density at radius 1 is 1.30 bits per heavy atom. The van der Waals surface area contributed by atoms with Crippen molar-refractivity contribution >= 4 is 42.7 Å².